The van der Waals surface area contributed by atoms with Crippen molar-refractivity contribution in [1.29, 1.82) is 0 Å². The summed E-state index contributed by atoms with van der Waals surface area (Å²) < 4.78 is 13.8. The minimum Gasteiger partial charge on any atom is -0.465 e. The van der Waals surface area contributed by atoms with Gasteiger partial charge in [-0.2, -0.15) is 0 Å². The zero-order valence-electron chi connectivity index (χ0n) is 22.1. The molecular formula is C28H32ClFN6O4. The molecule has 4 amide bonds. The van der Waals surface area contributed by atoms with E-state index in [-0.39, 0.29) is 42.7 Å². The molecule has 0 radical (unpaired) electrons. The van der Waals surface area contributed by atoms with Crippen molar-refractivity contribution in [3.05, 3.63) is 71.1 Å². The monoisotopic (exact) mass is 570 g/mol. The van der Waals surface area contributed by atoms with Crippen molar-refractivity contribution in [3.8, 4) is 0 Å². The number of amides is 4. The highest BCUT2D eigenvalue weighted by Crippen LogP contribution is 2.22. The summed E-state index contributed by atoms with van der Waals surface area (Å²) in [5.41, 5.74) is 0.404. The van der Waals surface area contributed by atoms with E-state index in [9.17, 15) is 23.9 Å². The highest BCUT2D eigenvalue weighted by molar-refractivity contribution is 6.31. The van der Waals surface area contributed by atoms with Gasteiger partial charge >= 0.3 is 12.1 Å². The van der Waals surface area contributed by atoms with Crippen molar-refractivity contribution in [2.45, 2.75) is 25.4 Å². The Bertz CT molecular complexity index is 1370. The number of benzene rings is 2. The van der Waals surface area contributed by atoms with Gasteiger partial charge in [-0.15, -0.1) is 0 Å². The molecule has 0 bridgehead atoms. The number of pyridine rings is 1. The van der Waals surface area contributed by atoms with Crippen LogP contribution in [0.4, 0.5) is 19.8 Å². The van der Waals surface area contributed by atoms with E-state index in [1.165, 1.54) is 24.1 Å². The number of urea groups is 1. The number of likely N-dealkylation sites (N-methyl/N-ethyl adjacent to an activating group) is 1. The average Bonchev–Trinajstić information content (AvgIpc) is 2.97. The van der Waals surface area contributed by atoms with Gasteiger partial charge < -0.3 is 25.5 Å². The van der Waals surface area contributed by atoms with Crippen molar-refractivity contribution in [1.82, 2.24) is 25.4 Å². The first kappa shape index (κ1) is 29.0. The Hall–Kier alpha value is -3.96. The lowest BCUT2D eigenvalue weighted by Crippen LogP contribution is -2.51. The standard InChI is InChI=1S/C28H32ClFN6O4/c1-34(27(38)33-17-21-7-4-8-23(30)26(21)29)22(9-10-25(37)35-13-11-31-12-14-35)18-36(28(39)40)24-15-19-5-2-3-6-20(19)16-32-24/h2-8,15-16,22,31H,9-14,17-18H2,1H3,(H,33,38)(H,39,40). The number of carbonyl (C=O) groups is 3. The van der Waals surface area contributed by atoms with E-state index < -0.39 is 24.0 Å². The van der Waals surface area contributed by atoms with E-state index in [1.807, 2.05) is 24.3 Å². The van der Waals surface area contributed by atoms with Gasteiger partial charge in [0.25, 0.3) is 0 Å². The van der Waals surface area contributed by atoms with Crippen LogP contribution in [0, 0.1) is 5.82 Å². The maximum Gasteiger partial charge on any atom is 0.413 e. The fourth-order valence-corrected chi connectivity index (χ4v) is 4.81. The fourth-order valence-electron chi connectivity index (χ4n) is 4.62. The summed E-state index contributed by atoms with van der Waals surface area (Å²) in [6.45, 7) is 2.47. The van der Waals surface area contributed by atoms with Crippen LogP contribution in [0.25, 0.3) is 10.8 Å². The number of hydrogen-bond donors (Lipinski definition) is 3. The largest absolute Gasteiger partial charge is 0.465 e. The number of piperazine rings is 1. The number of rotatable bonds is 9. The number of anilines is 1. The van der Waals surface area contributed by atoms with Crippen molar-refractivity contribution < 1.29 is 23.9 Å². The lowest BCUT2D eigenvalue weighted by molar-refractivity contribution is -0.132. The van der Waals surface area contributed by atoms with Gasteiger partial charge in [-0.05, 0) is 29.5 Å². The number of carboxylic acid groups (broad SMARTS) is 1. The Balaban J connectivity index is 1.52. The molecule has 2 heterocycles. The minimum atomic E-state index is -1.23. The summed E-state index contributed by atoms with van der Waals surface area (Å²) in [6, 6.07) is 12.3. The van der Waals surface area contributed by atoms with Crippen molar-refractivity contribution >= 4 is 46.2 Å². The highest BCUT2D eigenvalue weighted by atomic mass is 35.5. The molecule has 1 fully saturated rings. The van der Waals surface area contributed by atoms with Crippen molar-refractivity contribution in [3.63, 3.8) is 0 Å². The van der Waals surface area contributed by atoms with E-state index >= 15 is 0 Å². The van der Waals surface area contributed by atoms with E-state index in [0.29, 0.717) is 31.7 Å². The number of aromatic nitrogens is 1. The summed E-state index contributed by atoms with van der Waals surface area (Å²) in [5.74, 6) is -0.436. The fraction of sp³-hybridized carbons (Fsp3) is 0.357. The smallest absolute Gasteiger partial charge is 0.413 e. The zero-order chi connectivity index (χ0) is 28.6. The summed E-state index contributed by atoms with van der Waals surface area (Å²) in [7, 11) is 1.54. The van der Waals surface area contributed by atoms with E-state index in [1.54, 1.807) is 23.2 Å². The third-order valence-electron chi connectivity index (χ3n) is 7.01. The minimum absolute atomic E-state index is 0.0267. The molecule has 1 saturated heterocycles. The second kappa shape index (κ2) is 13.4. The summed E-state index contributed by atoms with van der Waals surface area (Å²) in [5, 5.41) is 17.6. The first-order valence-electron chi connectivity index (χ1n) is 13.0. The SMILES string of the molecule is CN(C(=O)NCc1cccc(F)c1Cl)C(CCC(=O)N1CCNCC1)CN(C(=O)O)c1cc2ccccc2cn1. The lowest BCUT2D eigenvalue weighted by Gasteiger charge is -2.33. The first-order chi connectivity index (χ1) is 19.2. The molecule has 1 aromatic heterocycles. The van der Waals surface area contributed by atoms with Crippen LogP contribution in [0.1, 0.15) is 18.4 Å². The molecule has 12 heteroatoms. The molecule has 10 nitrogen and oxygen atoms in total. The third kappa shape index (κ3) is 7.16. The Morgan fingerprint density at radius 3 is 2.60 bits per heavy atom. The van der Waals surface area contributed by atoms with Crippen LogP contribution in [-0.2, 0) is 11.3 Å². The zero-order valence-corrected chi connectivity index (χ0v) is 22.9. The molecule has 2 aromatic carbocycles. The second-order valence-electron chi connectivity index (χ2n) is 9.59. The molecule has 1 atom stereocenters. The van der Waals surface area contributed by atoms with Gasteiger partial charge in [-0.1, -0.05) is 48.0 Å². The summed E-state index contributed by atoms with van der Waals surface area (Å²) >= 11 is 6.02. The molecule has 1 aliphatic heterocycles. The Kier molecular flexibility index (Phi) is 9.73. The molecule has 0 spiro atoms. The molecule has 40 heavy (non-hydrogen) atoms. The quantitative estimate of drug-likeness (QED) is 0.359. The maximum absolute atomic E-state index is 13.8. The normalized spacial score (nSPS) is 14.0. The Morgan fingerprint density at radius 2 is 1.88 bits per heavy atom. The van der Waals surface area contributed by atoms with Crippen molar-refractivity contribution in [2.24, 2.45) is 0 Å². The van der Waals surface area contributed by atoms with Gasteiger partial charge in [0.2, 0.25) is 5.91 Å². The van der Waals surface area contributed by atoms with Crippen LogP contribution in [0.2, 0.25) is 5.02 Å². The van der Waals surface area contributed by atoms with Crippen molar-refractivity contribution in [2.75, 3.05) is 44.7 Å². The molecule has 3 N–H and O–H groups in total. The average molecular weight is 571 g/mol. The molecule has 1 unspecified atom stereocenters. The van der Waals surface area contributed by atoms with Gasteiger partial charge in [0, 0.05) is 57.8 Å². The predicted molar refractivity (Wildman–Crippen MR) is 151 cm³/mol. The Labute approximate surface area is 236 Å². The topological polar surface area (TPSA) is 118 Å². The number of nitrogens with one attached hydrogen (secondary N) is 2. The number of halogens is 2. The number of nitrogens with zero attached hydrogens (tertiary/aromatic N) is 4. The second-order valence-corrected chi connectivity index (χ2v) is 9.97. The number of hydrogen-bond acceptors (Lipinski definition) is 5. The van der Waals surface area contributed by atoms with E-state index in [0.717, 1.165) is 15.7 Å². The molecule has 1 aliphatic rings. The third-order valence-corrected chi connectivity index (χ3v) is 7.43. The summed E-state index contributed by atoms with van der Waals surface area (Å²) in [6.07, 6.45) is 0.728. The highest BCUT2D eigenvalue weighted by Gasteiger charge is 2.28. The number of fused-ring (bicyclic) bond motifs is 1. The summed E-state index contributed by atoms with van der Waals surface area (Å²) in [4.78, 5) is 47.0. The lowest BCUT2D eigenvalue weighted by atomic mass is 10.1. The molecule has 212 valence electrons. The molecule has 0 aliphatic carbocycles. The van der Waals surface area contributed by atoms with Gasteiger partial charge in [0.05, 0.1) is 17.6 Å². The van der Waals surface area contributed by atoms with Gasteiger partial charge in [-0.25, -0.2) is 19.0 Å². The van der Waals surface area contributed by atoms with Gasteiger partial charge in [-0.3, -0.25) is 9.69 Å². The van der Waals surface area contributed by atoms with Gasteiger partial charge in [0.15, 0.2) is 0 Å². The van der Waals surface area contributed by atoms with Crippen LogP contribution in [0.15, 0.2) is 54.7 Å². The van der Waals surface area contributed by atoms with E-state index in [2.05, 4.69) is 15.6 Å². The van der Waals surface area contributed by atoms with Crippen LogP contribution >= 0.6 is 11.6 Å². The molecule has 4 rings (SSSR count). The Morgan fingerprint density at radius 1 is 1.15 bits per heavy atom. The first-order valence-corrected chi connectivity index (χ1v) is 13.4. The predicted octanol–water partition coefficient (Wildman–Crippen LogP) is 3.93. The van der Waals surface area contributed by atoms with Crippen LogP contribution in [0.5, 0.6) is 0 Å². The van der Waals surface area contributed by atoms with Crippen LogP contribution < -0.4 is 15.5 Å². The van der Waals surface area contributed by atoms with E-state index in [4.69, 9.17) is 11.6 Å². The molecule has 3 aromatic rings. The number of carbonyl (C=O) groups excluding carboxylic acids is 2. The van der Waals surface area contributed by atoms with Gasteiger partial charge in [0.1, 0.15) is 11.6 Å². The molecule has 0 saturated carbocycles. The van der Waals surface area contributed by atoms with Crippen LogP contribution in [0.3, 0.4) is 0 Å². The van der Waals surface area contributed by atoms with Crippen LogP contribution in [-0.4, -0.2) is 83.7 Å². The molecular weight excluding hydrogens is 539 g/mol. The maximum atomic E-state index is 13.8.